The zero-order valence-electron chi connectivity index (χ0n) is 23.2. The second kappa shape index (κ2) is 12.1. The Morgan fingerprint density at radius 3 is 2.46 bits per heavy atom. The van der Waals surface area contributed by atoms with Gasteiger partial charge in [0, 0.05) is 70.1 Å². The molecule has 0 radical (unpaired) electrons. The molecule has 1 amide bonds. The molecule has 2 N–H and O–H groups in total. The second-order valence-electron chi connectivity index (χ2n) is 10.6. The SMILES string of the molecule is Cc1c(CCN2CCNC(=O)C2)nc2cc(F)cc(F)c2c1Nc1cc(N2CCOCC2)cnc1N1CCOCC1. The van der Waals surface area contributed by atoms with Crippen LogP contribution in [0.25, 0.3) is 10.9 Å². The molecule has 3 fully saturated rings. The van der Waals surface area contributed by atoms with Gasteiger partial charge in [-0.2, -0.15) is 0 Å². The number of nitrogens with one attached hydrogen (secondary N) is 2. The van der Waals surface area contributed by atoms with E-state index in [0.29, 0.717) is 71.3 Å². The van der Waals surface area contributed by atoms with Gasteiger partial charge in [0.2, 0.25) is 5.91 Å². The summed E-state index contributed by atoms with van der Waals surface area (Å²) in [6.07, 6.45) is 2.40. The van der Waals surface area contributed by atoms with Gasteiger partial charge in [0.15, 0.2) is 5.82 Å². The first-order chi connectivity index (χ1) is 20.0. The van der Waals surface area contributed by atoms with Crippen molar-refractivity contribution in [2.24, 2.45) is 0 Å². The van der Waals surface area contributed by atoms with Crippen LogP contribution in [0.3, 0.4) is 0 Å². The summed E-state index contributed by atoms with van der Waals surface area (Å²) in [6, 6.07) is 4.21. The van der Waals surface area contributed by atoms with Crippen molar-refractivity contribution in [1.29, 1.82) is 0 Å². The molecule has 0 saturated carbocycles. The van der Waals surface area contributed by atoms with Crippen molar-refractivity contribution in [2.75, 3.05) is 93.9 Å². The molecule has 5 heterocycles. The summed E-state index contributed by atoms with van der Waals surface area (Å²) in [5, 5.41) is 6.59. The lowest BCUT2D eigenvalue weighted by atomic mass is 10.0. The molecular weight excluding hydrogens is 532 g/mol. The van der Waals surface area contributed by atoms with E-state index in [-0.39, 0.29) is 16.8 Å². The van der Waals surface area contributed by atoms with Crippen LogP contribution in [0.15, 0.2) is 24.4 Å². The number of nitrogens with zero attached hydrogens (tertiary/aromatic N) is 5. The van der Waals surface area contributed by atoms with Gasteiger partial charge in [-0.25, -0.2) is 13.8 Å². The third-order valence-electron chi connectivity index (χ3n) is 7.93. The standard InChI is InChI=1S/C29H35F2N7O3/c1-19-23(2-4-36-5-3-32-26(39)18-36)34-24-15-20(30)14-22(31)27(24)28(19)35-25-16-21(37-6-10-40-11-7-37)17-33-29(25)38-8-12-41-13-9-38/h14-17H,2-13,18H2,1H3,(H,32,39)(H,34,35). The Kier molecular flexibility index (Phi) is 8.13. The number of rotatable bonds is 7. The van der Waals surface area contributed by atoms with Crippen molar-refractivity contribution < 1.29 is 23.0 Å². The van der Waals surface area contributed by atoms with E-state index < -0.39 is 11.6 Å². The highest BCUT2D eigenvalue weighted by Crippen LogP contribution is 2.37. The molecule has 2 aromatic heterocycles. The Balaban J connectivity index is 1.41. The normalized spacial score (nSPS) is 18.6. The van der Waals surface area contributed by atoms with Gasteiger partial charge in [-0.3, -0.25) is 14.7 Å². The number of pyridine rings is 2. The molecule has 0 atom stereocenters. The van der Waals surface area contributed by atoms with Gasteiger partial charge >= 0.3 is 0 Å². The number of carbonyl (C=O) groups is 1. The highest BCUT2D eigenvalue weighted by molar-refractivity contribution is 5.97. The van der Waals surface area contributed by atoms with Crippen LogP contribution in [0.4, 0.5) is 31.7 Å². The lowest BCUT2D eigenvalue weighted by Crippen LogP contribution is -2.48. The van der Waals surface area contributed by atoms with E-state index in [9.17, 15) is 9.18 Å². The molecule has 0 spiro atoms. The van der Waals surface area contributed by atoms with E-state index in [1.807, 2.05) is 19.2 Å². The number of carbonyl (C=O) groups excluding carboxylic acids is 1. The minimum Gasteiger partial charge on any atom is -0.378 e. The van der Waals surface area contributed by atoms with E-state index in [4.69, 9.17) is 19.4 Å². The number of amides is 1. The molecule has 3 aliphatic rings. The van der Waals surface area contributed by atoms with Crippen molar-refractivity contribution in [3.63, 3.8) is 0 Å². The fourth-order valence-corrected chi connectivity index (χ4v) is 5.70. The Morgan fingerprint density at radius 1 is 1.00 bits per heavy atom. The number of fused-ring (bicyclic) bond motifs is 1. The fourth-order valence-electron chi connectivity index (χ4n) is 5.70. The van der Waals surface area contributed by atoms with Crippen LogP contribution >= 0.6 is 0 Å². The maximum Gasteiger partial charge on any atom is 0.234 e. The summed E-state index contributed by atoms with van der Waals surface area (Å²) in [5.41, 5.74) is 3.95. The summed E-state index contributed by atoms with van der Waals surface area (Å²) in [7, 11) is 0. The number of aromatic nitrogens is 2. The second-order valence-corrected chi connectivity index (χ2v) is 10.6. The highest BCUT2D eigenvalue weighted by atomic mass is 19.1. The summed E-state index contributed by atoms with van der Waals surface area (Å²) in [6.45, 7) is 9.52. The highest BCUT2D eigenvalue weighted by Gasteiger charge is 2.23. The Morgan fingerprint density at radius 2 is 1.73 bits per heavy atom. The largest absolute Gasteiger partial charge is 0.378 e. The Bertz CT molecular complexity index is 1430. The van der Waals surface area contributed by atoms with Gasteiger partial charge < -0.3 is 29.9 Å². The minimum absolute atomic E-state index is 0.00534. The maximum atomic E-state index is 15.4. The first-order valence-corrected chi connectivity index (χ1v) is 14.2. The van der Waals surface area contributed by atoms with E-state index >= 15 is 4.39 Å². The van der Waals surface area contributed by atoms with E-state index in [0.717, 1.165) is 54.2 Å². The molecule has 6 rings (SSSR count). The summed E-state index contributed by atoms with van der Waals surface area (Å²) >= 11 is 0. The first-order valence-electron chi connectivity index (χ1n) is 14.2. The van der Waals surface area contributed by atoms with E-state index in [1.165, 1.54) is 6.07 Å². The number of hydrogen-bond donors (Lipinski definition) is 2. The molecule has 0 aliphatic carbocycles. The van der Waals surface area contributed by atoms with Crippen LogP contribution in [-0.2, 0) is 20.7 Å². The smallest absolute Gasteiger partial charge is 0.234 e. The van der Waals surface area contributed by atoms with Crippen LogP contribution in [-0.4, -0.2) is 99.6 Å². The number of piperazine rings is 1. The lowest BCUT2D eigenvalue weighted by molar-refractivity contribution is -0.124. The van der Waals surface area contributed by atoms with Crippen molar-refractivity contribution in [2.45, 2.75) is 13.3 Å². The predicted octanol–water partition coefficient (Wildman–Crippen LogP) is 2.61. The molecule has 41 heavy (non-hydrogen) atoms. The zero-order chi connectivity index (χ0) is 28.3. The van der Waals surface area contributed by atoms with Crippen LogP contribution < -0.4 is 20.4 Å². The maximum absolute atomic E-state index is 15.4. The van der Waals surface area contributed by atoms with E-state index in [1.54, 1.807) is 0 Å². The molecular formula is C29H35F2N7O3. The average molecular weight is 568 g/mol. The monoisotopic (exact) mass is 567 g/mol. The third-order valence-corrected chi connectivity index (χ3v) is 7.93. The molecule has 3 aliphatic heterocycles. The molecule has 3 saturated heterocycles. The number of morpholine rings is 2. The van der Waals surface area contributed by atoms with Crippen molar-refractivity contribution in [3.05, 3.63) is 47.3 Å². The average Bonchev–Trinajstić information content (AvgIpc) is 2.98. The first kappa shape index (κ1) is 27.6. The van der Waals surface area contributed by atoms with Crippen molar-refractivity contribution in [3.8, 4) is 0 Å². The van der Waals surface area contributed by atoms with Crippen LogP contribution in [0.5, 0.6) is 0 Å². The van der Waals surface area contributed by atoms with Gasteiger partial charge in [0.05, 0.1) is 67.1 Å². The summed E-state index contributed by atoms with van der Waals surface area (Å²) in [5.74, 6) is -0.615. The Labute approximate surface area is 237 Å². The third kappa shape index (κ3) is 6.04. The minimum atomic E-state index is -0.680. The van der Waals surface area contributed by atoms with Gasteiger partial charge in [-0.1, -0.05) is 0 Å². The van der Waals surface area contributed by atoms with Gasteiger partial charge in [-0.05, 0) is 18.6 Å². The number of ether oxygens (including phenoxy) is 2. The zero-order valence-corrected chi connectivity index (χ0v) is 23.2. The van der Waals surface area contributed by atoms with Gasteiger partial charge in [-0.15, -0.1) is 0 Å². The number of anilines is 4. The van der Waals surface area contributed by atoms with Gasteiger partial charge in [0.1, 0.15) is 11.6 Å². The molecule has 218 valence electrons. The number of benzene rings is 1. The lowest BCUT2D eigenvalue weighted by Gasteiger charge is -2.32. The number of hydrogen-bond acceptors (Lipinski definition) is 9. The van der Waals surface area contributed by atoms with Crippen LogP contribution in [0.2, 0.25) is 0 Å². The summed E-state index contributed by atoms with van der Waals surface area (Å²) in [4.78, 5) is 27.9. The topological polar surface area (TPSA) is 95.1 Å². The predicted molar refractivity (Wildman–Crippen MR) is 153 cm³/mol. The van der Waals surface area contributed by atoms with E-state index in [2.05, 4.69) is 25.3 Å². The molecule has 0 bridgehead atoms. The Hall–Kier alpha value is -3.61. The molecule has 10 nitrogen and oxygen atoms in total. The number of halogens is 2. The summed E-state index contributed by atoms with van der Waals surface area (Å²) < 4.78 is 40.9. The van der Waals surface area contributed by atoms with Crippen LogP contribution in [0, 0.1) is 18.6 Å². The molecule has 1 aromatic carbocycles. The quantitative estimate of drug-likeness (QED) is 0.447. The fraction of sp³-hybridized carbons (Fsp3) is 0.483. The molecule has 12 heteroatoms. The molecule has 0 unspecified atom stereocenters. The van der Waals surface area contributed by atoms with Gasteiger partial charge in [0.25, 0.3) is 0 Å². The van der Waals surface area contributed by atoms with Crippen LogP contribution in [0.1, 0.15) is 11.3 Å². The molecule has 3 aromatic rings. The van der Waals surface area contributed by atoms with Crippen molar-refractivity contribution >= 4 is 39.7 Å². The van der Waals surface area contributed by atoms with Crippen molar-refractivity contribution in [1.82, 2.24) is 20.2 Å².